The second kappa shape index (κ2) is 8.88. The van der Waals surface area contributed by atoms with Gasteiger partial charge in [0.15, 0.2) is 0 Å². The molecule has 0 bridgehead atoms. The smallest absolute Gasteiger partial charge is 0.241 e. The fourth-order valence-corrected chi connectivity index (χ4v) is 5.89. The van der Waals surface area contributed by atoms with E-state index in [1.807, 2.05) is 24.3 Å². The number of aryl methyl sites for hydroxylation is 1. The molecule has 166 valence electrons. The van der Waals surface area contributed by atoms with Gasteiger partial charge in [-0.25, -0.2) is 13.1 Å². The van der Waals surface area contributed by atoms with Crippen molar-refractivity contribution in [3.63, 3.8) is 0 Å². The van der Waals surface area contributed by atoms with Crippen molar-refractivity contribution in [1.29, 1.82) is 0 Å². The van der Waals surface area contributed by atoms with Crippen molar-refractivity contribution in [3.8, 4) is 5.75 Å². The van der Waals surface area contributed by atoms with Gasteiger partial charge in [-0.2, -0.15) is 0 Å². The van der Waals surface area contributed by atoms with Crippen LogP contribution in [0.15, 0.2) is 47.4 Å². The molecule has 0 spiro atoms. The molecule has 2 aliphatic heterocycles. The fourth-order valence-electron chi connectivity index (χ4n) is 4.36. The number of carbonyl (C=O) groups is 1. The first-order chi connectivity index (χ1) is 14.9. The van der Waals surface area contributed by atoms with Crippen LogP contribution in [-0.4, -0.2) is 47.1 Å². The summed E-state index contributed by atoms with van der Waals surface area (Å²) < 4.78 is 34.1. The van der Waals surface area contributed by atoms with E-state index < -0.39 is 10.0 Å². The molecular formula is C23H29N3O4S. The topological polar surface area (TPSA) is 79.0 Å². The van der Waals surface area contributed by atoms with E-state index in [2.05, 4.69) is 9.62 Å². The van der Waals surface area contributed by atoms with E-state index in [1.165, 1.54) is 0 Å². The van der Waals surface area contributed by atoms with Crippen molar-refractivity contribution in [2.45, 2.75) is 43.5 Å². The SMILES string of the molecule is COc1ccc(N2CCC(NS(=O)(=O)c3ccc(N4CCCC4=O)cc3C)CC2)cc1. The zero-order chi connectivity index (χ0) is 22.0. The van der Waals surface area contributed by atoms with E-state index in [-0.39, 0.29) is 16.8 Å². The number of rotatable bonds is 6. The van der Waals surface area contributed by atoms with E-state index in [0.717, 1.165) is 49.5 Å². The molecule has 2 aromatic carbocycles. The van der Waals surface area contributed by atoms with E-state index in [4.69, 9.17) is 4.74 Å². The van der Waals surface area contributed by atoms with Gasteiger partial charge in [-0.05, 0) is 74.2 Å². The number of amides is 1. The van der Waals surface area contributed by atoms with Crippen LogP contribution in [0, 0.1) is 6.92 Å². The van der Waals surface area contributed by atoms with E-state index in [9.17, 15) is 13.2 Å². The van der Waals surface area contributed by atoms with Gasteiger partial charge in [-0.3, -0.25) is 4.79 Å². The van der Waals surface area contributed by atoms with Crippen molar-refractivity contribution in [3.05, 3.63) is 48.0 Å². The van der Waals surface area contributed by atoms with Crippen molar-refractivity contribution < 1.29 is 17.9 Å². The van der Waals surface area contributed by atoms with Gasteiger partial charge in [0.05, 0.1) is 12.0 Å². The summed E-state index contributed by atoms with van der Waals surface area (Å²) in [5, 5.41) is 0. The molecule has 0 atom stereocenters. The molecular weight excluding hydrogens is 414 g/mol. The molecule has 0 saturated carbocycles. The maximum Gasteiger partial charge on any atom is 0.241 e. The van der Waals surface area contributed by atoms with Gasteiger partial charge < -0.3 is 14.5 Å². The minimum Gasteiger partial charge on any atom is -0.497 e. The van der Waals surface area contributed by atoms with Gasteiger partial charge in [0, 0.05) is 43.5 Å². The lowest BCUT2D eigenvalue weighted by Crippen LogP contribution is -2.44. The molecule has 1 N–H and O–H groups in total. The van der Waals surface area contributed by atoms with Crippen molar-refractivity contribution in [2.75, 3.05) is 36.5 Å². The first kappa shape index (κ1) is 21.6. The van der Waals surface area contributed by atoms with Crippen LogP contribution in [0.4, 0.5) is 11.4 Å². The number of hydrogen-bond donors (Lipinski definition) is 1. The highest BCUT2D eigenvalue weighted by Crippen LogP contribution is 2.27. The molecule has 2 saturated heterocycles. The molecule has 2 heterocycles. The Bertz CT molecular complexity index is 1040. The summed E-state index contributed by atoms with van der Waals surface area (Å²) in [6.45, 7) is 4.04. The number of carbonyl (C=O) groups excluding carboxylic acids is 1. The monoisotopic (exact) mass is 443 g/mol. The predicted molar refractivity (Wildman–Crippen MR) is 121 cm³/mol. The summed E-state index contributed by atoms with van der Waals surface area (Å²) in [7, 11) is -1.98. The second-order valence-electron chi connectivity index (χ2n) is 8.18. The van der Waals surface area contributed by atoms with Crippen molar-refractivity contribution >= 4 is 27.3 Å². The third-order valence-electron chi connectivity index (χ3n) is 6.09. The molecule has 0 unspecified atom stereocenters. The zero-order valence-electron chi connectivity index (χ0n) is 18.0. The highest BCUT2D eigenvalue weighted by Gasteiger charge is 2.27. The Morgan fingerprint density at radius 2 is 1.68 bits per heavy atom. The number of ether oxygens (including phenoxy) is 1. The summed E-state index contributed by atoms with van der Waals surface area (Å²) in [6.07, 6.45) is 2.87. The number of hydrogen-bond acceptors (Lipinski definition) is 5. The lowest BCUT2D eigenvalue weighted by Gasteiger charge is -2.34. The number of anilines is 2. The molecule has 0 aliphatic carbocycles. The van der Waals surface area contributed by atoms with Gasteiger partial charge in [-0.1, -0.05) is 0 Å². The van der Waals surface area contributed by atoms with Gasteiger partial charge >= 0.3 is 0 Å². The lowest BCUT2D eigenvalue weighted by atomic mass is 10.1. The lowest BCUT2D eigenvalue weighted by molar-refractivity contribution is -0.117. The molecule has 8 heteroatoms. The molecule has 4 rings (SSSR count). The average molecular weight is 444 g/mol. The highest BCUT2D eigenvalue weighted by molar-refractivity contribution is 7.89. The summed E-state index contributed by atoms with van der Waals surface area (Å²) in [5.41, 5.74) is 2.54. The molecule has 2 aliphatic rings. The van der Waals surface area contributed by atoms with E-state index in [0.29, 0.717) is 18.5 Å². The molecule has 0 radical (unpaired) electrons. The van der Waals surface area contributed by atoms with Crippen molar-refractivity contribution in [2.24, 2.45) is 0 Å². The van der Waals surface area contributed by atoms with E-state index >= 15 is 0 Å². The summed E-state index contributed by atoms with van der Waals surface area (Å²) in [5.74, 6) is 0.915. The zero-order valence-corrected chi connectivity index (χ0v) is 18.8. The summed E-state index contributed by atoms with van der Waals surface area (Å²) in [6, 6.07) is 13.0. The van der Waals surface area contributed by atoms with Crippen molar-refractivity contribution in [1.82, 2.24) is 4.72 Å². The minimum atomic E-state index is -3.62. The molecule has 31 heavy (non-hydrogen) atoms. The quantitative estimate of drug-likeness (QED) is 0.742. The van der Waals surface area contributed by atoms with Crippen LogP contribution < -0.4 is 19.3 Å². The Kier molecular flexibility index (Phi) is 6.20. The third kappa shape index (κ3) is 4.70. The number of nitrogens with one attached hydrogen (secondary N) is 1. The van der Waals surface area contributed by atoms with Crippen LogP contribution in [0.1, 0.15) is 31.2 Å². The Balaban J connectivity index is 1.39. The standard InChI is InChI=1S/C23H29N3O4S/c1-17-16-20(26-13-3-4-23(26)27)7-10-22(17)31(28,29)24-18-11-14-25(15-12-18)19-5-8-21(30-2)9-6-19/h5-10,16,18,24H,3-4,11-15H2,1-2H3. The number of methoxy groups -OCH3 is 1. The molecule has 0 aromatic heterocycles. The average Bonchev–Trinajstić information content (AvgIpc) is 3.20. The van der Waals surface area contributed by atoms with Crippen LogP contribution in [0.2, 0.25) is 0 Å². The highest BCUT2D eigenvalue weighted by atomic mass is 32.2. The Morgan fingerprint density at radius 1 is 1.00 bits per heavy atom. The molecule has 2 aromatic rings. The first-order valence-corrected chi connectivity index (χ1v) is 12.2. The Hall–Kier alpha value is -2.58. The summed E-state index contributed by atoms with van der Waals surface area (Å²) >= 11 is 0. The largest absolute Gasteiger partial charge is 0.497 e. The fraction of sp³-hybridized carbons (Fsp3) is 0.435. The molecule has 7 nitrogen and oxygen atoms in total. The molecule has 2 fully saturated rings. The predicted octanol–water partition coefficient (Wildman–Crippen LogP) is 3.08. The maximum atomic E-state index is 13.0. The van der Waals surface area contributed by atoms with Gasteiger partial charge in [-0.15, -0.1) is 0 Å². The number of sulfonamides is 1. The van der Waals surface area contributed by atoms with Crippen LogP contribution in [0.5, 0.6) is 5.75 Å². The van der Waals surface area contributed by atoms with Crippen LogP contribution in [-0.2, 0) is 14.8 Å². The van der Waals surface area contributed by atoms with Gasteiger partial charge in [0.2, 0.25) is 15.9 Å². The molecule has 1 amide bonds. The van der Waals surface area contributed by atoms with Gasteiger partial charge in [0.25, 0.3) is 0 Å². The number of nitrogens with zero attached hydrogens (tertiary/aromatic N) is 2. The number of benzene rings is 2. The van der Waals surface area contributed by atoms with Crippen LogP contribution in [0.25, 0.3) is 0 Å². The van der Waals surface area contributed by atoms with Crippen LogP contribution in [0.3, 0.4) is 0 Å². The number of piperidine rings is 1. The maximum absolute atomic E-state index is 13.0. The van der Waals surface area contributed by atoms with Gasteiger partial charge in [0.1, 0.15) is 5.75 Å². The minimum absolute atomic E-state index is 0.0942. The normalized spacial score (nSPS) is 17.9. The second-order valence-corrected chi connectivity index (χ2v) is 9.86. The van der Waals surface area contributed by atoms with E-state index in [1.54, 1.807) is 37.1 Å². The summed E-state index contributed by atoms with van der Waals surface area (Å²) in [4.78, 5) is 16.2. The Morgan fingerprint density at radius 3 is 2.26 bits per heavy atom. The Labute approximate surface area is 184 Å². The van der Waals surface area contributed by atoms with Crippen LogP contribution >= 0.6 is 0 Å². The third-order valence-corrected chi connectivity index (χ3v) is 7.77. The first-order valence-electron chi connectivity index (χ1n) is 10.7.